The maximum Gasteiger partial charge on any atom is 0.0835 e. The summed E-state index contributed by atoms with van der Waals surface area (Å²) < 4.78 is 0.842. The molecule has 0 radical (unpaired) electrons. The van der Waals surface area contributed by atoms with Gasteiger partial charge in [-0.15, -0.1) is 47.0 Å². The lowest BCUT2D eigenvalue weighted by molar-refractivity contribution is 0.546. The fourth-order valence-electron chi connectivity index (χ4n) is 5.64. The largest absolute Gasteiger partial charge is 0.148 e. The molecule has 2 fully saturated rings. The van der Waals surface area contributed by atoms with Crippen molar-refractivity contribution < 1.29 is 0 Å². The Labute approximate surface area is 243 Å². The van der Waals surface area contributed by atoms with Gasteiger partial charge in [0.05, 0.1) is 23.6 Å². The Kier molecular flexibility index (Phi) is 10.4. The van der Waals surface area contributed by atoms with Crippen LogP contribution in [0.25, 0.3) is 0 Å². The van der Waals surface area contributed by atoms with Gasteiger partial charge in [0.1, 0.15) is 0 Å². The summed E-state index contributed by atoms with van der Waals surface area (Å²) in [5.41, 5.74) is 1.60. The van der Waals surface area contributed by atoms with Crippen molar-refractivity contribution >= 4 is 63.2 Å². The van der Waals surface area contributed by atoms with Crippen molar-refractivity contribution in [2.75, 3.05) is 23.0 Å². The van der Waals surface area contributed by atoms with Gasteiger partial charge in [0, 0.05) is 0 Å². The van der Waals surface area contributed by atoms with E-state index in [1.165, 1.54) is 55.1 Å². The summed E-state index contributed by atoms with van der Waals surface area (Å²) in [6.45, 7) is 26.1. The Morgan fingerprint density at radius 1 is 0.694 bits per heavy atom. The average molecular weight is 599 g/mol. The van der Waals surface area contributed by atoms with E-state index in [2.05, 4.69) is 145 Å². The Morgan fingerprint density at radius 3 is 1.56 bits per heavy atom. The molecule has 206 valence electrons. The van der Waals surface area contributed by atoms with Gasteiger partial charge < -0.3 is 0 Å². The number of thioether (sulfide) groups is 4. The van der Waals surface area contributed by atoms with Crippen molar-refractivity contribution in [3.63, 3.8) is 0 Å². The van der Waals surface area contributed by atoms with Gasteiger partial charge in [0.2, 0.25) is 0 Å². The SMILES string of the molecule is CC(C)(C)[Si](C)(C)C1(CCC(CC2([Si](C)(C)C(C)(C)C)SCCCS2)c2ccccc2)SCCCS1. The molecular weight excluding hydrogens is 545 g/mol. The second-order valence-corrected chi connectivity index (χ2v) is 33.0. The number of rotatable bonds is 8. The van der Waals surface area contributed by atoms with E-state index in [1.807, 2.05) is 0 Å². The molecule has 6 heteroatoms. The minimum absolute atomic E-state index is 0.404. The highest BCUT2D eigenvalue weighted by Crippen LogP contribution is 2.62. The summed E-state index contributed by atoms with van der Waals surface area (Å²) >= 11 is 9.44. The molecule has 3 rings (SSSR count). The highest BCUT2D eigenvalue weighted by Gasteiger charge is 2.57. The van der Waals surface area contributed by atoms with Crippen LogP contribution in [0.3, 0.4) is 0 Å². The van der Waals surface area contributed by atoms with Crippen LogP contribution in [0.5, 0.6) is 0 Å². The first-order valence-corrected chi connectivity index (χ1v) is 24.1. The second kappa shape index (κ2) is 11.9. The lowest BCUT2D eigenvalue weighted by Gasteiger charge is -2.55. The van der Waals surface area contributed by atoms with Gasteiger partial charge in [-0.1, -0.05) is 98.1 Å². The van der Waals surface area contributed by atoms with Crippen molar-refractivity contribution in [3.8, 4) is 0 Å². The molecule has 0 amide bonds. The number of benzene rings is 1. The maximum atomic E-state index is 2.71. The lowest BCUT2D eigenvalue weighted by atomic mass is 9.92. The van der Waals surface area contributed by atoms with Crippen molar-refractivity contribution in [2.24, 2.45) is 0 Å². The van der Waals surface area contributed by atoms with Crippen LogP contribution in [0.4, 0.5) is 0 Å². The monoisotopic (exact) mass is 598 g/mol. The molecule has 1 aromatic rings. The van der Waals surface area contributed by atoms with Crippen LogP contribution < -0.4 is 0 Å². The van der Waals surface area contributed by atoms with Crippen molar-refractivity contribution in [1.29, 1.82) is 0 Å². The highest BCUT2D eigenvalue weighted by molar-refractivity contribution is 8.21. The predicted molar refractivity (Wildman–Crippen MR) is 182 cm³/mol. The van der Waals surface area contributed by atoms with Gasteiger partial charge in [-0.3, -0.25) is 0 Å². The van der Waals surface area contributed by atoms with E-state index in [9.17, 15) is 0 Å². The van der Waals surface area contributed by atoms with Gasteiger partial charge in [0.25, 0.3) is 0 Å². The van der Waals surface area contributed by atoms with Crippen LogP contribution in [0.15, 0.2) is 30.3 Å². The third-order valence-corrected chi connectivity index (χ3v) is 35.8. The zero-order chi connectivity index (χ0) is 26.9. The molecule has 1 aromatic carbocycles. The second-order valence-electron chi connectivity index (χ2n) is 14.2. The average Bonchev–Trinajstić information content (AvgIpc) is 2.82. The minimum atomic E-state index is -1.58. The Bertz CT molecular complexity index is 827. The molecular formula is C30H54S4Si2. The van der Waals surface area contributed by atoms with Crippen molar-refractivity contribution in [1.82, 2.24) is 0 Å². The minimum Gasteiger partial charge on any atom is -0.148 e. The van der Waals surface area contributed by atoms with Crippen LogP contribution in [0.1, 0.15) is 85.1 Å². The molecule has 1 unspecified atom stereocenters. The first kappa shape index (κ1) is 31.6. The molecule has 2 saturated heterocycles. The molecule has 2 heterocycles. The quantitative estimate of drug-likeness (QED) is 0.273. The summed E-state index contributed by atoms with van der Waals surface area (Å²) in [7, 11) is -3.12. The predicted octanol–water partition coefficient (Wildman–Crippen LogP) is 11.2. The molecule has 2 aliphatic heterocycles. The van der Waals surface area contributed by atoms with Crippen LogP contribution in [-0.2, 0) is 0 Å². The number of hydrogen-bond acceptors (Lipinski definition) is 4. The van der Waals surface area contributed by atoms with E-state index in [0.29, 0.717) is 23.4 Å². The molecule has 0 aromatic heterocycles. The Hall–Kier alpha value is 1.05. The zero-order valence-corrected chi connectivity index (χ0v) is 30.2. The van der Waals surface area contributed by atoms with Gasteiger partial charge in [-0.05, 0) is 76.7 Å². The van der Waals surface area contributed by atoms with Gasteiger partial charge in [-0.2, -0.15) is 0 Å². The first-order valence-electron chi connectivity index (χ1n) is 14.2. The lowest BCUT2D eigenvalue weighted by Crippen LogP contribution is -2.58. The maximum absolute atomic E-state index is 2.71. The van der Waals surface area contributed by atoms with Crippen LogP contribution >= 0.6 is 47.0 Å². The number of hydrogen-bond donors (Lipinski definition) is 0. The van der Waals surface area contributed by atoms with Gasteiger partial charge in [0.15, 0.2) is 0 Å². The molecule has 0 saturated carbocycles. The Morgan fingerprint density at radius 2 is 1.11 bits per heavy atom. The third kappa shape index (κ3) is 6.34. The third-order valence-electron chi connectivity index (χ3n) is 10.2. The van der Waals surface area contributed by atoms with E-state index >= 15 is 0 Å². The summed E-state index contributed by atoms with van der Waals surface area (Å²) in [5.74, 6) is 6.06. The Balaban J connectivity index is 1.98. The summed E-state index contributed by atoms with van der Waals surface area (Å²) in [6.07, 6.45) is 6.83. The van der Waals surface area contributed by atoms with Gasteiger partial charge in [-0.25, -0.2) is 0 Å². The van der Waals surface area contributed by atoms with Gasteiger partial charge >= 0.3 is 0 Å². The van der Waals surface area contributed by atoms with E-state index in [1.54, 1.807) is 5.56 Å². The van der Waals surface area contributed by atoms with Crippen molar-refractivity contribution in [3.05, 3.63) is 35.9 Å². The fourth-order valence-corrected chi connectivity index (χ4v) is 25.8. The zero-order valence-electron chi connectivity index (χ0n) is 25.0. The normalized spacial score (nSPS) is 22.3. The van der Waals surface area contributed by atoms with E-state index in [4.69, 9.17) is 0 Å². The smallest absolute Gasteiger partial charge is 0.0835 e. The summed E-state index contributed by atoms with van der Waals surface area (Å²) in [5, 5.41) is 0.826. The topological polar surface area (TPSA) is 0 Å². The molecule has 36 heavy (non-hydrogen) atoms. The highest BCUT2D eigenvalue weighted by atomic mass is 32.2. The van der Waals surface area contributed by atoms with Crippen LogP contribution in [0.2, 0.25) is 36.3 Å². The van der Waals surface area contributed by atoms with Crippen LogP contribution in [-0.4, -0.2) is 46.6 Å². The first-order chi connectivity index (χ1) is 16.6. The van der Waals surface area contributed by atoms with E-state index in [-0.39, 0.29) is 0 Å². The molecule has 2 aliphatic rings. The van der Waals surface area contributed by atoms with E-state index < -0.39 is 16.1 Å². The summed E-state index contributed by atoms with van der Waals surface area (Å²) in [6, 6.07) is 11.7. The fraction of sp³-hybridized carbons (Fsp3) is 0.800. The molecule has 0 nitrogen and oxygen atoms in total. The molecule has 0 spiro atoms. The molecule has 1 atom stereocenters. The van der Waals surface area contributed by atoms with Crippen LogP contribution in [0, 0.1) is 0 Å². The molecule has 0 N–H and O–H groups in total. The standard InChI is InChI=1S/C30H54S4Si2/c1-27(2,3)35(7,8)29(31-20-14-21-32-29)19-18-26(25-16-12-11-13-17-25)24-30(33-22-15-23-34-30)36(9,10)28(4,5)6/h11-13,16-17,26H,14-15,18-24H2,1-10H3. The van der Waals surface area contributed by atoms with Crippen molar-refractivity contribution in [2.45, 2.75) is 123 Å². The van der Waals surface area contributed by atoms with E-state index in [0.717, 1.165) is 0 Å². The molecule has 0 bridgehead atoms. The molecule has 0 aliphatic carbocycles. The summed E-state index contributed by atoms with van der Waals surface area (Å²) in [4.78, 5) is 0.